The van der Waals surface area contributed by atoms with E-state index < -0.39 is 5.41 Å². The van der Waals surface area contributed by atoms with Crippen molar-refractivity contribution in [2.24, 2.45) is 0 Å². The largest absolute Gasteiger partial charge is 0.457 e. The van der Waals surface area contributed by atoms with E-state index >= 15 is 0 Å². The van der Waals surface area contributed by atoms with Gasteiger partial charge in [-0.2, -0.15) is 0 Å². The van der Waals surface area contributed by atoms with Crippen molar-refractivity contribution in [3.8, 4) is 28.3 Å². The second kappa shape index (κ2) is 12.8. The monoisotopic (exact) mass is 784 g/mol. The predicted molar refractivity (Wildman–Crippen MR) is 250 cm³/mol. The Morgan fingerprint density at radius 2 is 1.02 bits per heavy atom. The Balaban J connectivity index is 0.925. The first-order chi connectivity index (χ1) is 29.7. The van der Waals surface area contributed by atoms with E-state index in [0.717, 1.165) is 35.1 Å². The first-order valence-electron chi connectivity index (χ1n) is 20.6. The van der Waals surface area contributed by atoms with Crippen LogP contribution in [0.1, 0.15) is 27.8 Å². The van der Waals surface area contributed by atoms with Crippen molar-refractivity contribution < 1.29 is 4.74 Å². The highest BCUT2D eigenvalue weighted by Gasteiger charge is 2.51. The number of hydrogen-bond acceptors (Lipinski definition) is 3. The summed E-state index contributed by atoms with van der Waals surface area (Å²) in [4.78, 5) is 2.42. The van der Waals surface area contributed by atoms with Crippen LogP contribution in [0.25, 0.3) is 58.8 Å². The van der Waals surface area contributed by atoms with Crippen LogP contribution in [0.5, 0.6) is 11.5 Å². The Morgan fingerprint density at radius 1 is 0.433 bits per heavy atom. The lowest BCUT2D eigenvalue weighted by Gasteiger charge is -2.39. The normalized spacial score (nSPS) is 13.3. The summed E-state index contributed by atoms with van der Waals surface area (Å²) in [6.07, 6.45) is 0. The maximum Gasteiger partial charge on any atom is 0.132 e. The van der Waals surface area contributed by atoms with Gasteiger partial charge in [0.15, 0.2) is 0 Å². The van der Waals surface area contributed by atoms with Gasteiger partial charge in [0.25, 0.3) is 0 Å². The van der Waals surface area contributed by atoms with E-state index in [4.69, 9.17) is 4.74 Å². The molecule has 0 amide bonds. The number of rotatable bonds is 5. The average molecular weight is 785 g/mol. The van der Waals surface area contributed by atoms with E-state index in [2.05, 4.69) is 216 Å². The summed E-state index contributed by atoms with van der Waals surface area (Å²) < 4.78 is 11.8. The van der Waals surface area contributed by atoms with Crippen LogP contribution in [-0.4, -0.2) is 4.57 Å². The minimum atomic E-state index is -0.472. The highest BCUT2D eigenvalue weighted by molar-refractivity contribution is 7.25. The van der Waals surface area contributed by atoms with Gasteiger partial charge in [0, 0.05) is 65.7 Å². The molecular formula is C56H36N2OS. The number of nitrogens with zero attached hydrogens (tertiary/aromatic N) is 2. The third kappa shape index (κ3) is 4.71. The molecule has 2 aromatic heterocycles. The van der Waals surface area contributed by atoms with Gasteiger partial charge in [0.2, 0.25) is 0 Å². The zero-order chi connectivity index (χ0) is 39.4. The second-order valence-corrected chi connectivity index (χ2v) is 17.1. The fourth-order valence-corrected chi connectivity index (χ4v) is 11.5. The maximum atomic E-state index is 6.91. The molecule has 0 fully saturated rings. The summed E-state index contributed by atoms with van der Waals surface area (Å²) in [6.45, 7) is 0.720. The molecule has 9 aromatic carbocycles. The second-order valence-electron chi connectivity index (χ2n) is 16.0. The molecule has 1 aliphatic heterocycles. The fourth-order valence-electron chi connectivity index (χ4n) is 10.4. The molecule has 0 radical (unpaired) electrons. The fraction of sp³-hybridized carbons (Fsp3) is 0.0357. The summed E-state index contributed by atoms with van der Waals surface area (Å²) in [5.41, 5.74) is 14.3. The summed E-state index contributed by atoms with van der Waals surface area (Å²) >= 11 is 1.87. The van der Waals surface area contributed by atoms with Crippen LogP contribution in [-0.2, 0) is 12.0 Å². The smallest absolute Gasteiger partial charge is 0.132 e. The van der Waals surface area contributed by atoms with Crippen molar-refractivity contribution in [3.05, 3.63) is 234 Å². The number of anilines is 2. The molecule has 1 spiro atoms. The molecule has 4 heteroatoms. The molecule has 2 aliphatic rings. The van der Waals surface area contributed by atoms with Crippen LogP contribution in [0.15, 0.2) is 206 Å². The zero-order valence-corrected chi connectivity index (χ0v) is 33.4. The molecule has 1 aliphatic carbocycles. The van der Waals surface area contributed by atoms with E-state index in [1.165, 1.54) is 80.9 Å². The Kier molecular flexibility index (Phi) is 7.16. The third-order valence-electron chi connectivity index (χ3n) is 12.9. The summed E-state index contributed by atoms with van der Waals surface area (Å²) in [7, 11) is 0. The van der Waals surface area contributed by atoms with Gasteiger partial charge in [-0.3, -0.25) is 0 Å². The van der Waals surface area contributed by atoms with Gasteiger partial charge in [-0.05, 0) is 107 Å². The van der Waals surface area contributed by atoms with Crippen molar-refractivity contribution in [2.75, 3.05) is 4.90 Å². The number of fused-ring (bicyclic) bond motifs is 15. The zero-order valence-electron chi connectivity index (χ0n) is 32.5. The third-order valence-corrected chi connectivity index (χ3v) is 14.0. The minimum absolute atomic E-state index is 0.472. The maximum absolute atomic E-state index is 6.91. The van der Waals surface area contributed by atoms with Crippen LogP contribution in [0.3, 0.4) is 0 Å². The van der Waals surface area contributed by atoms with E-state index in [9.17, 15) is 0 Å². The molecule has 0 saturated heterocycles. The van der Waals surface area contributed by atoms with Gasteiger partial charge in [-0.1, -0.05) is 127 Å². The molecule has 0 atom stereocenters. The van der Waals surface area contributed by atoms with Crippen molar-refractivity contribution in [2.45, 2.75) is 12.0 Å². The van der Waals surface area contributed by atoms with E-state index in [1.807, 2.05) is 11.3 Å². The van der Waals surface area contributed by atoms with Gasteiger partial charge >= 0.3 is 0 Å². The number of thiophene rings is 1. The molecular weight excluding hydrogens is 749 g/mol. The van der Waals surface area contributed by atoms with Crippen LogP contribution >= 0.6 is 11.3 Å². The molecule has 11 aromatic rings. The van der Waals surface area contributed by atoms with Gasteiger partial charge in [0.05, 0.1) is 16.4 Å². The first-order valence-corrected chi connectivity index (χ1v) is 21.4. The number of hydrogen-bond donors (Lipinski definition) is 0. The van der Waals surface area contributed by atoms with Gasteiger partial charge < -0.3 is 14.2 Å². The molecule has 60 heavy (non-hydrogen) atoms. The standard InChI is InChI=1S/C56H36N2OS/c1-2-14-37(15-3-1)57(38-27-29-39(30-28-38)58-50-23-11-6-18-42(50)43-19-7-12-24-51(43)58)35-36-26-31-54-44(32-36)45-33-53-49(34-55(45)60-54)56(48-22-10-13-25-52(48)59-53)46-20-8-4-16-40(46)41-17-5-9-21-47(41)56/h1-34H,35H2. The lowest BCUT2D eigenvalue weighted by molar-refractivity contribution is 0.437. The molecule has 0 unspecified atom stereocenters. The average Bonchev–Trinajstić information content (AvgIpc) is 3.94. The number of aromatic nitrogens is 1. The van der Waals surface area contributed by atoms with Crippen molar-refractivity contribution in [1.82, 2.24) is 4.57 Å². The quantitative estimate of drug-likeness (QED) is 0.173. The lowest BCUT2D eigenvalue weighted by atomic mass is 9.66. The minimum Gasteiger partial charge on any atom is -0.457 e. The predicted octanol–water partition coefficient (Wildman–Crippen LogP) is 15.0. The van der Waals surface area contributed by atoms with Crippen LogP contribution in [0.4, 0.5) is 11.4 Å². The van der Waals surface area contributed by atoms with Crippen LogP contribution in [0, 0.1) is 0 Å². The summed E-state index contributed by atoms with van der Waals surface area (Å²) in [6, 6.07) is 75.4. The molecule has 0 N–H and O–H groups in total. The van der Waals surface area contributed by atoms with Gasteiger partial charge in [0.1, 0.15) is 11.5 Å². The Hall–Kier alpha value is -7.40. The molecule has 3 nitrogen and oxygen atoms in total. The first kappa shape index (κ1) is 33.6. The van der Waals surface area contributed by atoms with Gasteiger partial charge in [-0.25, -0.2) is 0 Å². The molecule has 0 bridgehead atoms. The molecule has 13 rings (SSSR count). The Labute approximate surface area is 351 Å². The summed E-state index contributed by atoms with van der Waals surface area (Å²) in [5.74, 6) is 1.84. The van der Waals surface area contributed by atoms with Crippen molar-refractivity contribution in [1.29, 1.82) is 0 Å². The molecule has 3 heterocycles. The highest BCUT2D eigenvalue weighted by Crippen LogP contribution is 2.62. The van der Waals surface area contributed by atoms with E-state index in [-0.39, 0.29) is 0 Å². The van der Waals surface area contributed by atoms with Crippen LogP contribution in [0.2, 0.25) is 0 Å². The van der Waals surface area contributed by atoms with Gasteiger partial charge in [-0.15, -0.1) is 11.3 Å². The number of ether oxygens (including phenoxy) is 1. The Morgan fingerprint density at radius 3 is 1.73 bits per heavy atom. The van der Waals surface area contributed by atoms with Crippen LogP contribution < -0.4 is 9.64 Å². The lowest BCUT2D eigenvalue weighted by Crippen LogP contribution is -2.32. The van der Waals surface area contributed by atoms with E-state index in [1.54, 1.807) is 0 Å². The summed E-state index contributed by atoms with van der Waals surface area (Å²) in [5, 5.41) is 5.02. The molecule has 0 saturated carbocycles. The van der Waals surface area contributed by atoms with Crippen molar-refractivity contribution in [3.63, 3.8) is 0 Å². The highest BCUT2D eigenvalue weighted by atomic mass is 32.1. The van der Waals surface area contributed by atoms with Crippen molar-refractivity contribution >= 4 is 64.7 Å². The van der Waals surface area contributed by atoms with E-state index in [0.29, 0.717) is 0 Å². The Bertz CT molecular complexity index is 3410. The SMILES string of the molecule is c1ccc(N(Cc2ccc3sc4cc5c(cc4c3c2)Oc2ccccc2C52c3ccccc3-c3ccccc32)c2ccc(-n3c4ccccc4c4ccccc43)cc2)cc1. The number of benzene rings is 9. The topological polar surface area (TPSA) is 17.4 Å². The molecule has 282 valence electrons. The number of para-hydroxylation sites is 4.